The fourth-order valence-electron chi connectivity index (χ4n) is 2.14. The molecular formula is C18H19N3S2. The van der Waals surface area contributed by atoms with Crippen molar-refractivity contribution in [2.24, 2.45) is 9.98 Å². The average molecular weight is 342 g/mol. The molecule has 0 amide bonds. The van der Waals surface area contributed by atoms with E-state index in [1.807, 2.05) is 60.7 Å². The highest BCUT2D eigenvalue weighted by Gasteiger charge is 2.02. The monoisotopic (exact) mass is 341 g/mol. The van der Waals surface area contributed by atoms with E-state index in [9.17, 15) is 0 Å². The van der Waals surface area contributed by atoms with Crippen molar-refractivity contribution in [2.75, 3.05) is 0 Å². The second kappa shape index (κ2) is 8.04. The lowest BCUT2D eigenvalue weighted by Crippen LogP contribution is -2.25. The van der Waals surface area contributed by atoms with Crippen LogP contribution in [0.5, 0.6) is 0 Å². The minimum atomic E-state index is 0.952. The van der Waals surface area contributed by atoms with Crippen molar-refractivity contribution >= 4 is 32.1 Å². The maximum atomic E-state index is 4.79. The van der Waals surface area contributed by atoms with Crippen molar-refractivity contribution in [3.05, 3.63) is 70.3 Å². The van der Waals surface area contributed by atoms with Gasteiger partial charge in [0, 0.05) is 6.54 Å². The number of hydrogen-bond acceptors (Lipinski definition) is 4. The first-order chi connectivity index (χ1) is 11.4. The molecule has 0 saturated carbocycles. The van der Waals surface area contributed by atoms with Crippen LogP contribution in [0.3, 0.4) is 0 Å². The summed E-state index contributed by atoms with van der Waals surface area (Å²) in [5.41, 5.74) is 1.97. The van der Waals surface area contributed by atoms with Crippen molar-refractivity contribution in [2.45, 2.75) is 26.3 Å². The highest BCUT2D eigenvalue weighted by Crippen LogP contribution is 2.11. The Bertz CT molecular complexity index is 789. The van der Waals surface area contributed by atoms with E-state index in [1.165, 1.54) is 0 Å². The maximum Gasteiger partial charge on any atom is 0.202 e. The second-order valence-corrected chi connectivity index (χ2v) is 7.20. The van der Waals surface area contributed by atoms with Crippen LogP contribution >= 0.6 is 20.7 Å². The maximum absolute atomic E-state index is 4.79. The molecule has 118 valence electrons. The summed E-state index contributed by atoms with van der Waals surface area (Å²) in [5, 5.41) is 0. The van der Waals surface area contributed by atoms with Crippen molar-refractivity contribution in [1.82, 2.24) is 4.57 Å². The van der Waals surface area contributed by atoms with Crippen molar-refractivity contribution < 1.29 is 0 Å². The summed E-state index contributed by atoms with van der Waals surface area (Å²) in [6, 6.07) is 20.2. The van der Waals surface area contributed by atoms with Gasteiger partial charge >= 0.3 is 0 Å². The van der Waals surface area contributed by atoms with E-state index in [1.54, 1.807) is 20.7 Å². The van der Waals surface area contributed by atoms with Crippen LogP contribution in [0.1, 0.15) is 19.8 Å². The standard InChI is InChI=1S/C18H19N3S2/c1-2-3-14-21-17(19-15-10-6-4-7-11-15)22-23-18(21)20-16-12-8-5-9-13-16/h4-13H,2-3,14H2,1H3. The Morgan fingerprint density at radius 3 is 1.70 bits per heavy atom. The van der Waals surface area contributed by atoms with Crippen LogP contribution in [0.15, 0.2) is 70.6 Å². The van der Waals surface area contributed by atoms with Crippen LogP contribution in [-0.2, 0) is 6.54 Å². The topological polar surface area (TPSA) is 29.6 Å². The van der Waals surface area contributed by atoms with Gasteiger partial charge in [-0.1, -0.05) is 49.7 Å². The van der Waals surface area contributed by atoms with Crippen LogP contribution in [0.25, 0.3) is 0 Å². The van der Waals surface area contributed by atoms with Crippen LogP contribution in [-0.4, -0.2) is 4.57 Å². The molecule has 0 fully saturated rings. The fraction of sp³-hybridized carbons (Fsp3) is 0.222. The molecule has 0 bridgehead atoms. The Hall–Kier alpha value is -1.98. The van der Waals surface area contributed by atoms with E-state index in [0.29, 0.717) is 0 Å². The van der Waals surface area contributed by atoms with E-state index in [0.717, 1.165) is 40.4 Å². The van der Waals surface area contributed by atoms with Crippen LogP contribution in [0, 0.1) is 0 Å². The normalized spacial score (nSPS) is 12.7. The van der Waals surface area contributed by atoms with Gasteiger partial charge in [-0.05, 0) is 51.4 Å². The first-order valence-electron chi connectivity index (χ1n) is 7.76. The Labute approximate surface area is 143 Å². The zero-order valence-electron chi connectivity index (χ0n) is 13.1. The molecule has 1 aromatic heterocycles. The Kier molecular flexibility index (Phi) is 5.56. The van der Waals surface area contributed by atoms with Gasteiger partial charge in [-0.25, -0.2) is 9.98 Å². The van der Waals surface area contributed by atoms with Gasteiger partial charge in [0.1, 0.15) is 0 Å². The lowest BCUT2D eigenvalue weighted by molar-refractivity contribution is 0.602. The molecule has 3 aromatic rings. The van der Waals surface area contributed by atoms with Crippen molar-refractivity contribution in [3.63, 3.8) is 0 Å². The van der Waals surface area contributed by atoms with Gasteiger partial charge in [-0.15, -0.1) is 0 Å². The van der Waals surface area contributed by atoms with Crippen LogP contribution in [0.2, 0.25) is 0 Å². The molecule has 1 heterocycles. The highest BCUT2D eigenvalue weighted by molar-refractivity contribution is 7.67. The van der Waals surface area contributed by atoms with E-state index < -0.39 is 0 Å². The first-order valence-corrected chi connectivity index (χ1v) is 9.91. The molecule has 3 nitrogen and oxygen atoms in total. The Balaban J connectivity index is 2.08. The van der Waals surface area contributed by atoms with E-state index in [4.69, 9.17) is 9.98 Å². The number of benzene rings is 2. The van der Waals surface area contributed by atoms with E-state index in [-0.39, 0.29) is 0 Å². The quantitative estimate of drug-likeness (QED) is 0.592. The molecule has 0 radical (unpaired) electrons. The van der Waals surface area contributed by atoms with Gasteiger partial charge in [-0.3, -0.25) is 4.57 Å². The van der Waals surface area contributed by atoms with Gasteiger partial charge in [-0.2, -0.15) is 0 Å². The smallest absolute Gasteiger partial charge is 0.202 e. The molecule has 2 aromatic carbocycles. The summed E-state index contributed by atoms with van der Waals surface area (Å²) in [6.07, 6.45) is 2.28. The number of rotatable bonds is 5. The molecule has 0 aliphatic rings. The summed E-state index contributed by atoms with van der Waals surface area (Å²) in [5.74, 6) is 0. The Morgan fingerprint density at radius 1 is 0.783 bits per heavy atom. The fourth-order valence-corrected chi connectivity index (χ4v) is 4.38. The number of aromatic nitrogens is 1. The highest BCUT2D eigenvalue weighted by atomic mass is 32.9. The predicted octanol–water partition coefficient (Wildman–Crippen LogP) is 4.88. The molecule has 0 atom stereocenters. The van der Waals surface area contributed by atoms with E-state index in [2.05, 4.69) is 11.5 Å². The largest absolute Gasteiger partial charge is 0.292 e. The third-order valence-corrected chi connectivity index (χ3v) is 5.50. The Morgan fingerprint density at radius 2 is 1.26 bits per heavy atom. The third-order valence-electron chi connectivity index (χ3n) is 3.35. The molecule has 0 unspecified atom stereocenters. The first kappa shape index (κ1) is 15.9. The average Bonchev–Trinajstić information content (AvgIpc) is 2.96. The summed E-state index contributed by atoms with van der Waals surface area (Å²) in [4.78, 5) is 11.6. The molecule has 0 N–H and O–H groups in total. The number of hydrogen-bond donors (Lipinski definition) is 0. The molecule has 0 aliphatic heterocycles. The van der Waals surface area contributed by atoms with Crippen LogP contribution in [0.4, 0.5) is 11.4 Å². The molecule has 0 aliphatic carbocycles. The number of nitrogens with zero attached hydrogens (tertiary/aromatic N) is 3. The number of unbranched alkanes of at least 4 members (excludes halogenated alkanes) is 1. The molecule has 3 rings (SSSR count). The number of para-hydroxylation sites is 2. The SMILES string of the molecule is CCCCn1c(=Nc2ccccc2)ssc1=Nc1ccccc1. The predicted molar refractivity (Wildman–Crippen MR) is 98.4 cm³/mol. The zero-order chi connectivity index (χ0) is 15.9. The lowest BCUT2D eigenvalue weighted by atomic mass is 10.3. The van der Waals surface area contributed by atoms with Crippen molar-refractivity contribution in [1.29, 1.82) is 0 Å². The second-order valence-electron chi connectivity index (χ2n) is 5.13. The third kappa shape index (κ3) is 4.27. The van der Waals surface area contributed by atoms with Gasteiger partial charge < -0.3 is 0 Å². The molecular weight excluding hydrogens is 322 g/mol. The summed E-state index contributed by atoms with van der Waals surface area (Å²) < 4.78 is 2.23. The van der Waals surface area contributed by atoms with Gasteiger partial charge in [0.05, 0.1) is 11.4 Å². The molecule has 0 spiro atoms. The lowest BCUT2D eigenvalue weighted by Gasteiger charge is -2.01. The van der Waals surface area contributed by atoms with Crippen molar-refractivity contribution in [3.8, 4) is 0 Å². The molecule has 0 saturated heterocycles. The minimum Gasteiger partial charge on any atom is -0.292 e. The van der Waals surface area contributed by atoms with Gasteiger partial charge in [0.25, 0.3) is 0 Å². The summed E-state index contributed by atoms with van der Waals surface area (Å²) >= 11 is 0. The zero-order valence-corrected chi connectivity index (χ0v) is 14.7. The summed E-state index contributed by atoms with van der Waals surface area (Å²) in [7, 11) is 3.37. The minimum absolute atomic E-state index is 0.952. The van der Waals surface area contributed by atoms with E-state index >= 15 is 0 Å². The molecule has 5 heteroatoms. The summed E-state index contributed by atoms with van der Waals surface area (Å²) in [6.45, 7) is 3.16. The van der Waals surface area contributed by atoms with Gasteiger partial charge in [0.15, 0.2) is 0 Å². The molecule has 23 heavy (non-hydrogen) atoms. The van der Waals surface area contributed by atoms with Gasteiger partial charge in [0.2, 0.25) is 9.60 Å². The van der Waals surface area contributed by atoms with Crippen LogP contribution < -0.4 is 9.60 Å².